The summed E-state index contributed by atoms with van der Waals surface area (Å²) in [7, 11) is 0. The summed E-state index contributed by atoms with van der Waals surface area (Å²) in [5.74, 6) is -0.263. The van der Waals surface area contributed by atoms with E-state index in [0.29, 0.717) is 11.6 Å². The largest absolute Gasteiger partial charge is 0.366 e. The molecule has 1 atom stereocenters. The van der Waals surface area contributed by atoms with Gasteiger partial charge in [-0.25, -0.2) is 4.39 Å². The Bertz CT molecular complexity index is 839. The molecule has 27 heavy (non-hydrogen) atoms. The third-order valence-electron chi connectivity index (χ3n) is 4.80. The van der Waals surface area contributed by atoms with Crippen LogP contribution in [-0.4, -0.2) is 23.9 Å². The Morgan fingerprint density at radius 3 is 2.70 bits per heavy atom. The van der Waals surface area contributed by atoms with Gasteiger partial charge in [0.25, 0.3) is 11.6 Å². The number of nitrogens with one attached hydrogen (secondary N) is 1. The quantitative estimate of drug-likeness (QED) is 0.639. The van der Waals surface area contributed by atoms with E-state index in [1.165, 1.54) is 18.2 Å². The Balaban J connectivity index is 1.75. The number of carbonyl (C=O) groups is 1. The van der Waals surface area contributed by atoms with Gasteiger partial charge in [-0.3, -0.25) is 14.9 Å². The lowest BCUT2D eigenvalue weighted by molar-refractivity contribution is -0.384. The van der Waals surface area contributed by atoms with Crippen molar-refractivity contribution in [2.45, 2.75) is 26.3 Å². The fraction of sp³-hybridized carbons (Fsp3) is 0.350. The van der Waals surface area contributed by atoms with Crippen molar-refractivity contribution >= 4 is 17.3 Å². The van der Waals surface area contributed by atoms with Crippen LogP contribution < -0.4 is 10.2 Å². The van der Waals surface area contributed by atoms with Crippen LogP contribution in [0.2, 0.25) is 0 Å². The zero-order valence-electron chi connectivity index (χ0n) is 15.2. The number of rotatable bonds is 5. The average Bonchev–Trinajstić information content (AvgIpc) is 2.66. The summed E-state index contributed by atoms with van der Waals surface area (Å²) in [4.78, 5) is 25.5. The molecule has 0 radical (unpaired) electrons. The van der Waals surface area contributed by atoms with Crippen LogP contribution in [0.25, 0.3) is 0 Å². The smallest absolute Gasteiger partial charge is 0.293 e. The molecule has 1 aliphatic rings. The number of nitro benzene ring substituents is 1. The Morgan fingerprint density at radius 1 is 1.30 bits per heavy atom. The highest BCUT2D eigenvalue weighted by Crippen LogP contribution is 2.32. The summed E-state index contributed by atoms with van der Waals surface area (Å²) >= 11 is 0. The van der Waals surface area contributed by atoms with E-state index in [4.69, 9.17) is 0 Å². The molecule has 0 aliphatic carbocycles. The number of piperidine rings is 1. The van der Waals surface area contributed by atoms with Crippen LogP contribution in [0.4, 0.5) is 15.8 Å². The number of hydrogen-bond donors (Lipinski definition) is 1. The number of halogens is 1. The van der Waals surface area contributed by atoms with E-state index in [1.54, 1.807) is 24.3 Å². The van der Waals surface area contributed by atoms with Gasteiger partial charge in [0.15, 0.2) is 0 Å². The standard InChI is InChI=1S/C20H22FN3O3/c1-14-3-2-10-23(13-14)18-9-6-16(11-19(18)24(26)27)20(25)22-12-15-4-7-17(21)8-5-15/h4-9,11,14H,2-3,10,12-13H2,1H3,(H,22,25). The number of anilines is 1. The van der Waals surface area contributed by atoms with Gasteiger partial charge in [0.05, 0.1) is 4.92 Å². The number of benzene rings is 2. The first-order chi connectivity index (χ1) is 12.9. The molecule has 0 spiro atoms. The maximum atomic E-state index is 12.9. The first kappa shape index (κ1) is 18.8. The number of carbonyl (C=O) groups excluding carboxylic acids is 1. The minimum Gasteiger partial charge on any atom is -0.366 e. The Hall–Kier alpha value is -2.96. The third kappa shape index (κ3) is 4.61. The van der Waals surface area contributed by atoms with E-state index in [9.17, 15) is 19.3 Å². The van der Waals surface area contributed by atoms with Crippen molar-refractivity contribution in [2.75, 3.05) is 18.0 Å². The molecule has 7 heteroatoms. The summed E-state index contributed by atoms with van der Waals surface area (Å²) in [5, 5.41) is 14.3. The summed E-state index contributed by atoms with van der Waals surface area (Å²) < 4.78 is 12.9. The first-order valence-corrected chi connectivity index (χ1v) is 9.00. The van der Waals surface area contributed by atoms with Crippen LogP contribution in [0.5, 0.6) is 0 Å². The molecular formula is C20H22FN3O3. The lowest BCUT2D eigenvalue weighted by Gasteiger charge is -2.32. The average molecular weight is 371 g/mol. The Labute approximate surface area is 157 Å². The third-order valence-corrected chi connectivity index (χ3v) is 4.80. The van der Waals surface area contributed by atoms with Gasteiger partial charge in [-0.05, 0) is 48.6 Å². The molecular weight excluding hydrogens is 349 g/mol. The predicted molar refractivity (Wildman–Crippen MR) is 101 cm³/mol. The normalized spacial score (nSPS) is 16.8. The molecule has 1 unspecified atom stereocenters. The predicted octanol–water partition coefficient (Wildman–Crippen LogP) is 3.90. The molecule has 142 valence electrons. The van der Waals surface area contributed by atoms with Gasteiger partial charge >= 0.3 is 0 Å². The van der Waals surface area contributed by atoms with E-state index < -0.39 is 10.8 Å². The fourth-order valence-corrected chi connectivity index (χ4v) is 3.37. The molecule has 1 heterocycles. The molecule has 1 aliphatic heterocycles. The second-order valence-corrected chi connectivity index (χ2v) is 6.96. The monoisotopic (exact) mass is 371 g/mol. The van der Waals surface area contributed by atoms with E-state index in [2.05, 4.69) is 12.2 Å². The van der Waals surface area contributed by atoms with Crippen LogP contribution in [0.1, 0.15) is 35.7 Å². The topological polar surface area (TPSA) is 75.5 Å². The number of nitrogens with zero attached hydrogens (tertiary/aromatic N) is 2. The van der Waals surface area contributed by atoms with Gasteiger partial charge in [0, 0.05) is 31.3 Å². The van der Waals surface area contributed by atoms with Crippen molar-refractivity contribution in [1.29, 1.82) is 0 Å². The highest BCUT2D eigenvalue weighted by molar-refractivity contribution is 5.95. The van der Waals surface area contributed by atoms with Crippen LogP contribution in [0.15, 0.2) is 42.5 Å². The molecule has 1 amide bonds. The molecule has 0 saturated carbocycles. The summed E-state index contributed by atoms with van der Waals surface area (Å²) in [5.41, 5.74) is 1.48. The zero-order valence-corrected chi connectivity index (χ0v) is 15.2. The molecule has 2 aromatic carbocycles. The highest BCUT2D eigenvalue weighted by Gasteiger charge is 2.25. The van der Waals surface area contributed by atoms with E-state index in [-0.39, 0.29) is 23.6 Å². The highest BCUT2D eigenvalue weighted by atomic mass is 19.1. The number of amides is 1. The summed E-state index contributed by atoms with van der Waals surface area (Å²) in [6.45, 7) is 3.91. The SMILES string of the molecule is CC1CCCN(c2ccc(C(=O)NCc3ccc(F)cc3)cc2[N+](=O)[O-])C1. The summed E-state index contributed by atoms with van der Waals surface area (Å²) in [6.07, 6.45) is 2.12. The molecule has 1 saturated heterocycles. The maximum Gasteiger partial charge on any atom is 0.293 e. The molecule has 1 N–H and O–H groups in total. The first-order valence-electron chi connectivity index (χ1n) is 9.00. The van der Waals surface area contributed by atoms with Crippen LogP contribution in [0.3, 0.4) is 0 Å². The lowest BCUT2D eigenvalue weighted by atomic mass is 9.99. The number of hydrogen-bond acceptors (Lipinski definition) is 4. The minimum atomic E-state index is -0.439. The van der Waals surface area contributed by atoms with Crippen molar-refractivity contribution in [3.05, 3.63) is 69.5 Å². The maximum absolute atomic E-state index is 12.9. The van der Waals surface area contributed by atoms with Gasteiger partial charge in [0.2, 0.25) is 0 Å². The van der Waals surface area contributed by atoms with Crippen molar-refractivity contribution in [3.8, 4) is 0 Å². The van der Waals surface area contributed by atoms with Crippen LogP contribution >= 0.6 is 0 Å². The second-order valence-electron chi connectivity index (χ2n) is 6.96. The van der Waals surface area contributed by atoms with Gasteiger partial charge in [0.1, 0.15) is 11.5 Å². The molecule has 3 rings (SSSR count). The van der Waals surface area contributed by atoms with Gasteiger partial charge in [-0.2, -0.15) is 0 Å². The van der Waals surface area contributed by atoms with E-state index in [1.807, 2.05) is 4.90 Å². The molecule has 0 bridgehead atoms. The Kier molecular flexibility index (Phi) is 5.69. The second kappa shape index (κ2) is 8.16. The van der Waals surface area contributed by atoms with Crippen molar-refractivity contribution < 1.29 is 14.1 Å². The molecule has 6 nitrogen and oxygen atoms in total. The van der Waals surface area contributed by atoms with Gasteiger partial charge in [-0.15, -0.1) is 0 Å². The summed E-state index contributed by atoms with van der Waals surface area (Å²) in [6, 6.07) is 10.4. The molecule has 2 aromatic rings. The number of nitro groups is 1. The van der Waals surface area contributed by atoms with Crippen molar-refractivity contribution in [2.24, 2.45) is 5.92 Å². The van der Waals surface area contributed by atoms with Gasteiger partial charge in [-0.1, -0.05) is 19.1 Å². The van der Waals surface area contributed by atoms with Crippen molar-refractivity contribution in [1.82, 2.24) is 5.32 Å². The Morgan fingerprint density at radius 2 is 2.04 bits per heavy atom. The molecule has 1 fully saturated rings. The van der Waals surface area contributed by atoms with Gasteiger partial charge < -0.3 is 10.2 Å². The zero-order chi connectivity index (χ0) is 19.4. The van der Waals surface area contributed by atoms with Crippen molar-refractivity contribution in [3.63, 3.8) is 0 Å². The molecule has 0 aromatic heterocycles. The fourth-order valence-electron chi connectivity index (χ4n) is 3.37. The van der Waals surface area contributed by atoms with E-state index in [0.717, 1.165) is 31.5 Å². The lowest BCUT2D eigenvalue weighted by Crippen LogP contribution is -2.34. The van der Waals surface area contributed by atoms with Crippen LogP contribution in [0, 0.1) is 21.8 Å². The van der Waals surface area contributed by atoms with Crippen LogP contribution in [-0.2, 0) is 6.54 Å². The van der Waals surface area contributed by atoms with E-state index >= 15 is 0 Å². The minimum absolute atomic E-state index is 0.0569.